The van der Waals surface area contributed by atoms with Gasteiger partial charge >= 0.3 is 6.18 Å². The number of amides is 3. The summed E-state index contributed by atoms with van der Waals surface area (Å²) in [5, 5.41) is 0. The lowest BCUT2D eigenvalue weighted by Crippen LogP contribution is -2.47. The number of benzene rings is 1. The highest BCUT2D eigenvalue weighted by Gasteiger charge is 2.40. The standard InChI is InChI=1S/C19H24F3N3O3/c1-23(2)17(27)12-25(13-19(20,21)22)18(28)15-10-16(26)24(11-15)9-8-14-6-4-3-5-7-14/h3-7,15H,8-13H2,1-2H3. The normalized spacial score (nSPS) is 17.0. The van der Waals surface area contributed by atoms with E-state index in [-0.39, 0.29) is 18.9 Å². The maximum atomic E-state index is 12.9. The molecule has 1 aromatic carbocycles. The van der Waals surface area contributed by atoms with E-state index in [9.17, 15) is 27.6 Å². The van der Waals surface area contributed by atoms with Crippen LogP contribution in [0, 0.1) is 5.92 Å². The Balaban J connectivity index is 2.01. The first kappa shape index (κ1) is 21.7. The average molecular weight is 399 g/mol. The molecule has 0 radical (unpaired) electrons. The molecule has 9 heteroatoms. The molecule has 154 valence electrons. The van der Waals surface area contributed by atoms with Gasteiger partial charge < -0.3 is 14.7 Å². The maximum Gasteiger partial charge on any atom is 0.406 e. The second kappa shape index (κ2) is 9.07. The largest absolute Gasteiger partial charge is 0.406 e. The van der Waals surface area contributed by atoms with Crippen molar-refractivity contribution in [2.45, 2.75) is 19.0 Å². The summed E-state index contributed by atoms with van der Waals surface area (Å²) in [5.74, 6) is -2.56. The number of hydrogen-bond donors (Lipinski definition) is 0. The number of halogens is 3. The number of carbonyl (C=O) groups is 3. The SMILES string of the molecule is CN(C)C(=O)CN(CC(F)(F)F)C(=O)C1CC(=O)N(CCc2ccccc2)C1. The topological polar surface area (TPSA) is 60.9 Å². The van der Waals surface area contributed by atoms with Gasteiger partial charge in [-0.05, 0) is 12.0 Å². The van der Waals surface area contributed by atoms with Crippen LogP contribution in [-0.2, 0) is 20.8 Å². The van der Waals surface area contributed by atoms with Gasteiger partial charge in [-0.3, -0.25) is 14.4 Å². The van der Waals surface area contributed by atoms with Gasteiger partial charge in [0.05, 0.1) is 5.92 Å². The van der Waals surface area contributed by atoms with Crippen LogP contribution >= 0.6 is 0 Å². The van der Waals surface area contributed by atoms with Gasteiger partial charge in [-0.1, -0.05) is 30.3 Å². The van der Waals surface area contributed by atoms with Gasteiger partial charge in [0, 0.05) is 33.6 Å². The lowest BCUT2D eigenvalue weighted by molar-refractivity contribution is -0.166. The average Bonchev–Trinajstić information content (AvgIpc) is 2.99. The van der Waals surface area contributed by atoms with Gasteiger partial charge in [-0.25, -0.2) is 0 Å². The third-order valence-electron chi connectivity index (χ3n) is 4.58. The third kappa shape index (κ3) is 6.24. The van der Waals surface area contributed by atoms with Crippen LogP contribution in [0.2, 0.25) is 0 Å². The van der Waals surface area contributed by atoms with Crippen molar-refractivity contribution in [2.24, 2.45) is 5.92 Å². The molecule has 1 fully saturated rings. The number of hydrogen-bond acceptors (Lipinski definition) is 3. The van der Waals surface area contributed by atoms with Crippen molar-refractivity contribution < 1.29 is 27.6 Å². The molecule has 28 heavy (non-hydrogen) atoms. The Kier molecular flexibility index (Phi) is 7.04. The minimum absolute atomic E-state index is 0.0645. The minimum Gasteiger partial charge on any atom is -0.347 e. The van der Waals surface area contributed by atoms with E-state index in [0.717, 1.165) is 10.5 Å². The molecule has 0 saturated carbocycles. The summed E-state index contributed by atoms with van der Waals surface area (Å²) < 4.78 is 38.6. The highest BCUT2D eigenvalue weighted by Crippen LogP contribution is 2.23. The lowest BCUT2D eigenvalue weighted by Gasteiger charge is -2.27. The summed E-state index contributed by atoms with van der Waals surface area (Å²) in [6.45, 7) is -1.72. The Hall–Kier alpha value is -2.58. The Morgan fingerprint density at radius 3 is 2.39 bits per heavy atom. The highest BCUT2D eigenvalue weighted by atomic mass is 19.4. The molecule has 1 aromatic rings. The summed E-state index contributed by atoms with van der Waals surface area (Å²) in [6, 6.07) is 9.47. The van der Waals surface area contributed by atoms with Crippen LogP contribution < -0.4 is 0 Å². The summed E-state index contributed by atoms with van der Waals surface area (Å²) in [5.41, 5.74) is 1.03. The third-order valence-corrected chi connectivity index (χ3v) is 4.58. The molecular weight excluding hydrogens is 375 g/mol. The molecule has 3 amide bonds. The fourth-order valence-electron chi connectivity index (χ4n) is 3.05. The molecule has 0 bridgehead atoms. The summed E-state index contributed by atoms with van der Waals surface area (Å²) in [7, 11) is 2.81. The fourth-order valence-corrected chi connectivity index (χ4v) is 3.05. The molecule has 0 aromatic heterocycles. The van der Waals surface area contributed by atoms with Crippen molar-refractivity contribution in [3.63, 3.8) is 0 Å². The zero-order valence-electron chi connectivity index (χ0n) is 15.9. The molecule has 1 atom stereocenters. The Morgan fingerprint density at radius 2 is 1.82 bits per heavy atom. The molecule has 6 nitrogen and oxygen atoms in total. The van der Waals surface area contributed by atoms with Crippen LogP contribution in [0.5, 0.6) is 0 Å². The predicted molar refractivity (Wildman–Crippen MR) is 96.2 cm³/mol. The Bertz CT molecular complexity index is 707. The molecule has 0 N–H and O–H groups in total. The first-order chi connectivity index (χ1) is 13.1. The Morgan fingerprint density at radius 1 is 1.18 bits per heavy atom. The van der Waals surface area contributed by atoms with Crippen molar-refractivity contribution >= 4 is 17.7 Å². The van der Waals surface area contributed by atoms with Gasteiger partial charge in [-0.15, -0.1) is 0 Å². The van der Waals surface area contributed by atoms with E-state index < -0.39 is 37.0 Å². The minimum atomic E-state index is -4.63. The number of likely N-dealkylation sites (tertiary alicyclic amines) is 1. The van der Waals surface area contributed by atoms with E-state index >= 15 is 0 Å². The molecule has 1 aliphatic rings. The van der Waals surface area contributed by atoms with Crippen LogP contribution in [-0.4, -0.2) is 78.9 Å². The summed E-state index contributed by atoms with van der Waals surface area (Å²) >= 11 is 0. The molecule has 1 unspecified atom stereocenters. The van der Waals surface area contributed by atoms with Crippen molar-refractivity contribution in [1.29, 1.82) is 0 Å². The Labute approximate surface area is 161 Å². The quantitative estimate of drug-likeness (QED) is 0.699. The van der Waals surface area contributed by atoms with Gasteiger partial charge in [-0.2, -0.15) is 13.2 Å². The van der Waals surface area contributed by atoms with E-state index in [0.29, 0.717) is 17.9 Å². The smallest absolute Gasteiger partial charge is 0.347 e. The second-order valence-corrected chi connectivity index (χ2v) is 7.07. The van der Waals surface area contributed by atoms with E-state index in [1.807, 2.05) is 30.3 Å². The van der Waals surface area contributed by atoms with Crippen molar-refractivity contribution in [2.75, 3.05) is 40.3 Å². The molecular formula is C19H24F3N3O3. The maximum absolute atomic E-state index is 12.9. The monoisotopic (exact) mass is 399 g/mol. The van der Waals surface area contributed by atoms with E-state index in [1.165, 1.54) is 19.0 Å². The van der Waals surface area contributed by atoms with Gasteiger partial charge in [0.15, 0.2) is 0 Å². The van der Waals surface area contributed by atoms with Crippen LogP contribution in [0.3, 0.4) is 0 Å². The molecule has 2 rings (SSSR count). The molecule has 1 aliphatic heterocycles. The van der Waals surface area contributed by atoms with Crippen LogP contribution in [0.4, 0.5) is 13.2 Å². The van der Waals surface area contributed by atoms with Crippen LogP contribution in [0.15, 0.2) is 30.3 Å². The highest BCUT2D eigenvalue weighted by molar-refractivity contribution is 5.91. The van der Waals surface area contributed by atoms with Crippen LogP contribution in [0.25, 0.3) is 0 Å². The van der Waals surface area contributed by atoms with Crippen molar-refractivity contribution in [3.05, 3.63) is 35.9 Å². The predicted octanol–water partition coefficient (Wildman–Crippen LogP) is 1.56. The fraction of sp³-hybridized carbons (Fsp3) is 0.526. The summed E-state index contributed by atoms with van der Waals surface area (Å²) in [4.78, 5) is 39.8. The van der Waals surface area contributed by atoms with Crippen molar-refractivity contribution in [1.82, 2.24) is 14.7 Å². The first-order valence-electron chi connectivity index (χ1n) is 8.94. The molecule has 0 spiro atoms. The van der Waals surface area contributed by atoms with Gasteiger partial charge in [0.25, 0.3) is 0 Å². The zero-order chi connectivity index (χ0) is 20.9. The van der Waals surface area contributed by atoms with E-state index in [1.54, 1.807) is 0 Å². The lowest BCUT2D eigenvalue weighted by atomic mass is 10.1. The van der Waals surface area contributed by atoms with Gasteiger partial charge in [0.2, 0.25) is 17.7 Å². The van der Waals surface area contributed by atoms with E-state index in [2.05, 4.69) is 0 Å². The van der Waals surface area contributed by atoms with E-state index in [4.69, 9.17) is 0 Å². The second-order valence-electron chi connectivity index (χ2n) is 7.07. The first-order valence-corrected chi connectivity index (χ1v) is 8.94. The van der Waals surface area contributed by atoms with Crippen LogP contribution in [0.1, 0.15) is 12.0 Å². The van der Waals surface area contributed by atoms with Crippen molar-refractivity contribution in [3.8, 4) is 0 Å². The number of alkyl halides is 3. The zero-order valence-corrected chi connectivity index (χ0v) is 15.9. The number of likely N-dealkylation sites (N-methyl/N-ethyl adjacent to an activating group) is 1. The molecule has 0 aliphatic carbocycles. The van der Waals surface area contributed by atoms with Gasteiger partial charge in [0.1, 0.15) is 13.1 Å². The summed E-state index contributed by atoms with van der Waals surface area (Å²) in [6.07, 6.45) is -4.17. The number of rotatable bonds is 7. The number of carbonyl (C=O) groups excluding carboxylic acids is 3. The molecule has 1 saturated heterocycles. The molecule has 1 heterocycles. The number of nitrogens with zero attached hydrogens (tertiary/aromatic N) is 3.